The van der Waals surface area contributed by atoms with E-state index in [0.717, 1.165) is 58.5 Å². The van der Waals surface area contributed by atoms with Gasteiger partial charge in [-0.25, -0.2) is 0 Å². The van der Waals surface area contributed by atoms with Gasteiger partial charge in [0.15, 0.2) is 0 Å². The van der Waals surface area contributed by atoms with E-state index >= 15 is 0 Å². The average molecular weight is 523 g/mol. The highest BCUT2D eigenvalue weighted by Gasteiger charge is 2.25. The Labute approximate surface area is 219 Å². The van der Waals surface area contributed by atoms with Gasteiger partial charge in [0, 0.05) is 36.6 Å². The van der Waals surface area contributed by atoms with Gasteiger partial charge in [-0.2, -0.15) is 0 Å². The first kappa shape index (κ1) is 25.1. The van der Waals surface area contributed by atoms with Gasteiger partial charge in [-0.15, -0.1) is 11.3 Å². The summed E-state index contributed by atoms with van der Waals surface area (Å²) in [6.45, 7) is 9.57. The molecular weight excluding hydrogens is 488 g/mol. The summed E-state index contributed by atoms with van der Waals surface area (Å²) in [5, 5.41) is 8.88. The van der Waals surface area contributed by atoms with Crippen LogP contribution in [0.2, 0.25) is 0 Å². The first-order valence-electron chi connectivity index (χ1n) is 13.2. The highest BCUT2D eigenvalue weighted by atomic mass is 32.2. The molecule has 0 fully saturated rings. The summed E-state index contributed by atoms with van der Waals surface area (Å²) in [6.07, 6.45) is 9.54. The molecule has 0 amide bonds. The Morgan fingerprint density at radius 3 is 2.33 bits per heavy atom. The first-order valence-corrected chi connectivity index (χ1v) is 14.8. The van der Waals surface area contributed by atoms with Crippen LogP contribution in [0.3, 0.4) is 0 Å². The smallest absolute Gasteiger partial charge is 0.204 e. The molecule has 3 aromatic rings. The van der Waals surface area contributed by atoms with Crippen molar-refractivity contribution in [3.8, 4) is 0 Å². The Morgan fingerprint density at radius 1 is 0.972 bits per heavy atom. The average Bonchev–Trinajstić information content (AvgIpc) is 3.59. The van der Waals surface area contributed by atoms with Crippen LogP contribution < -0.4 is 31.6 Å². The molecule has 0 bridgehead atoms. The molecule has 0 aliphatic carbocycles. The van der Waals surface area contributed by atoms with Crippen molar-refractivity contribution in [2.45, 2.75) is 70.6 Å². The molecule has 5 rings (SSSR count). The highest BCUT2D eigenvalue weighted by molar-refractivity contribution is 8.15. The van der Waals surface area contributed by atoms with Crippen molar-refractivity contribution < 1.29 is 0 Å². The second-order valence-electron chi connectivity index (χ2n) is 9.60. The molecule has 8 heteroatoms. The van der Waals surface area contributed by atoms with Crippen molar-refractivity contribution in [3.63, 3.8) is 0 Å². The number of fused-ring (bicyclic) bond motifs is 2. The SMILES string of the molecule is CCCCN=C1C=c2[nH]c(=c3c(=O)c(=C4Cc5cc(N(CCCC)CCCC)sc5N4)c3=O)cc2S1. The zero-order valence-corrected chi connectivity index (χ0v) is 23.0. The van der Waals surface area contributed by atoms with Gasteiger partial charge < -0.3 is 15.2 Å². The van der Waals surface area contributed by atoms with E-state index in [0.29, 0.717) is 17.0 Å². The van der Waals surface area contributed by atoms with Gasteiger partial charge in [-0.05, 0) is 43.0 Å². The summed E-state index contributed by atoms with van der Waals surface area (Å²) < 4.78 is 0. The molecule has 2 aliphatic rings. The van der Waals surface area contributed by atoms with E-state index < -0.39 is 0 Å². The molecule has 0 spiro atoms. The number of hydrogen-bond acceptors (Lipinski definition) is 7. The maximum atomic E-state index is 13.1. The molecule has 4 heterocycles. The van der Waals surface area contributed by atoms with Crippen LogP contribution >= 0.6 is 23.1 Å². The maximum Gasteiger partial charge on any atom is 0.204 e. The van der Waals surface area contributed by atoms with Crippen molar-refractivity contribution in [2.24, 2.45) is 4.99 Å². The molecule has 0 saturated heterocycles. The third-order valence-corrected chi connectivity index (χ3v) is 9.02. The summed E-state index contributed by atoms with van der Waals surface area (Å²) in [7, 11) is 0. The number of anilines is 2. The van der Waals surface area contributed by atoms with Crippen LogP contribution in [-0.4, -0.2) is 29.7 Å². The zero-order chi connectivity index (χ0) is 25.2. The molecule has 6 nitrogen and oxygen atoms in total. The lowest BCUT2D eigenvalue weighted by Gasteiger charge is -2.22. The summed E-state index contributed by atoms with van der Waals surface area (Å²) in [5.74, 6) is 0. The standard InChI is InChI=1S/C28H34N4O2S2/c1-4-7-10-29-22-16-18-21(35-22)15-20(30-18)25-26(33)24(27(25)34)19-13-17-14-23(36-28(17)31-19)32(11-8-5-2)12-9-6-3/h14-16,30-31H,4-13H2,1-3H3. The van der Waals surface area contributed by atoms with Gasteiger partial charge in [-0.1, -0.05) is 51.8 Å². The van der Waals surface area contributed by atoms with Gasteiger partial charge in [0.25, 0.3) is 0 Å². The number of H-pyrrole nitrogens is 1. The molecule has 0 saturated carbocycles. The Kier molecular flexibility index (Phi) is 7.53. The first-order chi connectivity index (χ1) is 17.5. The predicted octanol–water partition coefficient (Wildman–Crippen LogP) is 4.23. The second-order valence-corrected chi connectivity index (χ2v) is 11.7. The fourth-order valence-electron chi connectivity index (χ4n) is 4.74. The largest absolute Gasteiger partial charge is 0.363 e. The van der Waals surface area contributed by atoms with Crippen LogP contribution in [0.15, 0.2) is 31.6 Å². The van der Waals surface area contributed by atoms with Gasteiger partial charge in [0.05, 0.1) is 36.2 Å². The number of aliphatic imine (C=N–C) groups is 1. The Balaban J connectivity index is 1.41. The van der Waals surface area contributed by atoms with Crippen LogP contribution in [-0.2, 0) is 6.42 Å². The molecule has 1 aromatic carbocycles. The normalized spacial score (nSPS) is 15.4. The number of thiophene rings is 1. The minimum Gasteiger partial charge on any atom is -0.363 e. The molecule has 190 valence electrons. The van der Waals surface area contributed by atoms with Crippen molar-refractivity contribution in [3.05, 3.63) is 59.3 Å². The molecule has 0 radical (unpaired) electrons. The van der Waals surface area contributed by atoms with E-state index in [1.165, 1.54) is 36.2 Å². The molecular formula is C28H34N4O2S2. The number of nitrogens with zero attached hydrogens (tertiary/aromatic N) is 2. The van der Waals surface area contributed by atoms with E-state index in [1.807, 2.05) is 12.1 Å². The van der Waals surface area contributed by atoms with Crippen molar-refractivity contribution in [1.29, 1.82) is 0 Å². The fourth-order valence-corrected chi connectivity index (χ4v) is 6.85. The van der Waals surface area contributed by atoms with Gasteiger partial charge >= 0.3 is 0 Å². The quantitative estimate of drug-likeness (QED) is 0.390. The number of thioether (sulfide) groups is 1. The van der Waals surface area contributed by atoms with Gasteiger partial charge in [0.2, 0.25) is 10.9 Å². The third-order valence-electron chi connectivity index (χ3n) is 6.85. The lowest BCUT2D eigenvalue weighted by atomic mass is 10.1. The summed E-state index contributed by atoms with van der Waals surface area (Å²) >= 11 is 3.33. The van der Waals surface area contributed by atoms with E-state index in [9.17, 15) is 9.59 Å². The molecule has 2 N–H and O–H groups in total. The van der Waals surface area contributed by atoms with Crippen LogP contribution in [0.4, 0.5) is 10.0 Å². The third kappa shape index (κ3) is 4.73. The van der Waals surface area contributed by atoms with Crippen molar-refractivity contribution >= 4 is 49.9 Å². The molecule has 2 aromatic heterocycles. The monoisotopic (exact) mass is 522 g/mol. The Hall–Kier alpha value is -2.58. The minimum absolute atomic E-state index is 0.160. The van der Waals surface area contributed by atoms with E-state index in [-0.39, 0.29) is 16.1 Å². The molecule has 0 unspecified atom stereocenters. The number of hydrogen-bond donors (Lipinski definition) is 2. The minimum atomic E-state index is -0.160. The molecule has 2 aliphatic heterocycles. The van der Waals surface area contributed by atoms with E-state index in [1.54, 1.807) is 23.1 Å². The van der Waals surface area contributed by atoms with Crippen molar-refractivity contribution in [1.82, 2.24) is 4.98 Å². The molecule has 0 atom stereocenters. The number of aromatic nitrogens is 1. The zero-order valence-electron chi connectivity index (χ0n) is 21.3. The number of unbranched alkanes of at least 4 members (excludes halogenated alkanes) is 3. The predicted molar refractivity (Wildman–Crippen MR) is 154 cm³/mol. The van der Waals surface area contributed by atoms with E-state index in [2.05, 4.69) is 47.0 Å². The molecule has 36 heavy (non-hydrogen) atoms. The highest BCUT2D eigenvalue weighted by Crippen LogP contribution is 2.41. The summed E-state index contributed by atoms with van der Waals surface area (Å²) in [6, 6.07) is 4.16. The lowest BCUT2D eigenvalue weighted by Crippen LogP contribution is -2.52. The maximum absolute atomic E-state index is 13.1. The Morgan fingerprint density at radius 2 is 1.69 bits per heavy atom. The van der Waals surface area contributed by atoms with Crippen LogP contribution in [0.5, 0.6) is 0 Å². The Bertz CT molecular complexity index is 1520. The topological polar surface area (TPSA) is 77.6 Å². The van der Waals surface area contributed by atoms with Crippen LogP contribution in [0, 0.1) is 10.6 Å². The number of aromatic amines is 1. The van der Waals surface area contributed by atoms with E-state index in [4.69, 9.17) is 0 Å². The van der Waals surface area contributed by atoms with Crippen LogP contribution in [0.25, 0.3) is 11.8 Å². The van der Waals surface area contributed by atoms with Gasteiger partial charge in [-0.3, -0.25) is 14.6 Å². The second kappa shape index (κ2) is 10.8. The lowest BCUT2D eigenvalue weighted by molar-refractivity contribution is 0.682. The van der Waals surface area contributed by atoms with Gasteiger partial charge in [0.1, 0.15) is 0 Å². The summed E-state index contributed by atoms with van der Waals surface area (Å²) in [4.78, 5) is 37.6. The van der Waals surface area contributed by atoms with Crippen molar-refractivity contribution in [2.75, 3.05) is 29.9 Å². The summed E-state index contributed by atoms with van der Waals surface area (Å²) in [5.41, 5.74) is 1.61. The number of nitrogens with one attached hydrogen (secondary N) is 2. The fraction of sp³-hybridized carbons (Fsp3) is 0.464. The van der Waals surface area contributed by atoms with Crippen LogP contribution in [0.1, 0.15) is 64.9 Å². The number of rotatable bonds is 10.